The Balaban J connectivity index is 1.85. The lowest BCUT2D eigenvalue weighted by Crippen LogP contribution is -2.34. The van der Waals surface area contributed by atoms with Gasteiger partial charge in [-0.15, -0.1) is 0 Å². The Morgan fingerprint density at radius 2 is 1.45 bits per heavy atom. The average molecular weight is 374 g/mol. The molecular formula is C27H20NO+. The van der Waals surface area contributed by atoms with Crippen LogP contribution >= 0.6 is 0 Å². The Hall–Kier alpha value is -3.65. The van der Waals surface area contributed by atoms with Gasteiger partial charge in [0.15, 0.2) is 11.9 Å². The summed E-state index contributed by atoms with van der Waals surface area (Å²) in [6.45, 7) is 4.28. The number of fused-ring (bicyclic) bond motifs is 7. The first-order valence-corrected chi connectivity index (χ1v) is 9.96. The summed E-state index contributed by atoms with van der Waals surface area (Å²) in [5, 5.41) is 7.39. The van der Waals surface area contributed by atoms with Crippen LogP contribution in [0.5, 0.6) is 0 Å². The van der Waals surface area contributed by atoms with Gasteiger partial charge in [0.2, 0.25) is 5.58 Å². The van der Waals surface area contributed by atoms with E-state index < -0.39 is 0 Å². The SMILES string of the molecule is Cc1ccc2c(oc3ccc4ccc5ccccc5c4c32)c1-[n+]1ccccc1C. The maximum absolute atomic E-state index is 6.51. The van der Waals surface area contributed by atoms with Gasteiger partial charge in [0.05, 0.1) is 0 Å². The van der Waals surface area contributed by atoms with E-state index in [0.29, 0.717) is 0 Å². The van der Waals surface area contributed by atoms with E-state index in [-0.39, 0.29) is 0 Å². The topological polar surface area (TPSA) is 17.0 Å². The van der Waals surface area contributed by atoms with Gasteiger partial charge in [0.25, 0.3) is 5.69 Å². The lowest BCUT2D eigenvalue weighted by molar-refractivity contribution is -0.602. The van der Waals surface area contributed by atoms with Gasteiger partial charge in [0, 0.05) is 40.8 Å². The van der Waals surface area contributed by atoms with Crippen LogP contribution in [0.2, 0.25) is 0 Å². The molecule has 4 aromatic carbocycles. The van der Waals surface area contributed by atoms with Crippen LogP contribution < -0.4 is 4.57 Å². The maximum atomic E-state index is 6.51. The fourth-order valence-corrected chi connectivity index (χ4v) is 4.59. The minimum Gasteiger partial charge on any atom is -0.449 e. The highest BCUT2D eigenvalue weighted by molar-refractivity contribution is 6.27. The van der Waals surface area contributed by atoms with Crippen molar-refractivity contribution in [3.05, 3.63) is 96.3 Å². The van der Waals surface area contributed by atoms with Crippen LogP contribution in [0.15, 0.2) is 89.5 Å². The van der Waals surface area contributed by atoms with E-state index in [1.165, 1.54) is 43.6 Å². The quantitative estimate of drug-likeness (QED) is 0.229. The summed E-state index contributed by atoms with van der Waals surface area (Å²) in [7, 11) is 0. The summed E-state index contributed by atoms with van der Waals surface area (Å²) in [5.41, 5.74) is 5.37. The molecule has 0 aliphatic carbocycles. The summed E-state index contributed by atoms with van der Waals surface area (Å²) in [6.07, 6.45) is 2.11. The van der Waals surface area contributed by atoms with Crippen molar-refractivity contribution in [2.24, 2.45) is 0 Å². The lowest BCUT2D eigenvalue weighted by atomic mass is 9.97. The number of hydrogen-bond donors (Lipinski definition) is 0. The Morgan fingerprint density at radius 1 is 0.655 bits per heavy atom. The van der Waals surface area contributed by atoms with Crippen molar-refractivity contribution in [3.8, 4) is 5.69 Å². The molecule has 6 aromatic rings. The van der Waals surface area contributed by atoms with E-state index in [4.69, 9.17) is 4.42 Å². The smallest absolute Gasteiger partial charge is 0.257 e. The average Bonchev–Trinajstić information content (AvgIpc) is 3.13. The molecule has 2 heteroatoms. The van der Waals surface area contributed by atoms with Crippen molar-refractivity contribution in [2.75, 3.05) is 0 Å². The van der Waals surface area contributed by atoms with Crippen molar-refractivity contribution in [3.63, 3.8) is 0 Å². The van der Waals surface area contributed by atoms with E-state index in [0.717, 1.165) is 16.9 Å². The third kappa shape index (κ3) is 2.26. The highest BCUT2D eigenvalue weighted by Gasteiger charge is 2.23. The van der Waals surface area contributed by atoms with E-state index in [1.807, 2.05) is 0 Å². The first kappa shape index (κ1) is 16.3. The number of pyridine rings is 1. The summed E-state index contributed by atoms with van der Waals surface area (Å²) in [5.74, 6) is 0. The van der Waals surface area contributed by atoms with Crippen molar-refractivity contribution in [2.45, 2.75) is 13.8 Å². The molecule has 0 saturated heterocycles. The van der Waals surface area contributed by atoms with Crippen LogP contribution in [0, 0.1) is 13.8 Å². The summed E-state index contributed by atoms with van der Waals surface area (Å²) in [4.78, 5) is 0. The molecule has 0 amide bonds. The van der Waals surface area contributed by atoms with Gasteiger partial charge in [-0.25, -0.2) is 0 Å². The van der Waals surface area contributed by atoms with E-state index in [1.54, 1.807) is 0 Å². The van der Waals surface area contributed by atoms with Crippen molar-refractivity contribution < 1.29 is 8.98 Å². The van der Waals surface area contributed by atoms with Crippen LogP contribution in [-0.4, -0.2) is 0 Å². The molecule has 0 spiro atoms. The zero-order valence-corrected chi connectivity index (χ0v) is 16.4. The molecule has 2 aromatic heterocycles. The van der Waals surface area contributed by atoms with Crippen molar-refractivity contribution in [1.82, 2.24) is 0 Å². The van der Waals surface area contributed by atoms with Crippen LogP contribution in [0.3, 0.4) is 0 Å². The fourth-order valence-electron chi connectivity index (χ4n) is 4.59. The summed E-state index contributed by atoms with van der Waals surface area (Å²) < 4.78 is 8.73. The van der Waals surface area contributed by atoms with Gasteiger partial charge in [0.1, 0.15) is 5.58 Å². The molecule has 0 aliphatic rings. The Kier molecular flexibility index (Phi) is 3.33. The van der Waals surface area contributed by atoms with E-state index in [9.17, 15) is 0 Å². The molecule has 0 N–H and O–H groups in total. The first-order valence-electron chi connectivity index (χ1n) is 9.96. The van der Waals surface area contributed by atoms with Gasteiger partial charge < -0.3 is 4.42 Å². The Labute approximate surface area is 168 Å². The molecule has 2 heterocycles. The molecule has 0 bridgehead atoms. The summed E-state index contributed by atoms with van der Waals surface area (Å²) in [6, 6.07) is 27.9. The third-order valence-corrected chi connectivity index (χ3v) is 5.99. The normalized spacial score (nSPS) is 11.8. The molecule has 0 unspecified atom stereocenters. The summed E-state index contributed by atoms with van der Waals surface area (Å²) >= 11 is 0. The van der Waals surface area contributed by atoms with Crippen LogP contribution in [0.1, 0.15) is 11.3 Å². The minimum atomic E-state index is 0.935. The van der Waals surface area contributed by atoms with Crippen LogP contribution in [0.25, 0.3) is 49.2 Å². The van der Waals surface area contributed by atoms with Crippen molar-refractivity contribution >= 4 is 43.5 Å². The molecule has 0 fully saturated rings. The number of hydrogen-bond acceptors (Lipinski definition) is 1. The zero-order chi connectivity index (χ0) is 19.5. The molecular weight excluding hydrogens is 354 g/mol. The standard InChI is InChI=1S/C27H20NO/c1-17-10-14-22-25-23(29-27(22)26(17)28-16-6-5-7-18(28)2)15-13-20-12-11-19-8-3-4-9-21(19)24(20)25/h3-16H,1-2H3/q+1. The number of aryl methyl sites for hydroxylation is 2. The lowest BCUT2D eigenvalue weighted by Gasteiger charge is -2.06. The molecule has 138 valence electrons. The molecule has 0 radical (unpaired) electrons. The fraction of sp³-hybridized carbons (Fsp3) is 0.0741. The van der Waals surface area contributed by atoms with Crippen molar-refractivity contribution in [1.29, 1.82) is 0 Å². The second kappa shape index (κ2) is 5.92. The molecule has 6 rings (SSSR count). The van der Waals surface area contributed by atoms with Gasteiger partial charge in [-0.05, 0) is 35.2 Å². The molecule has 0 aliphatic heterocycles. The molecule has 0 atom stereocenters. The zero-order valence-electron chi connectivity index (χ0n) is 16.4. The minimum absolute atomic E-state index is 0.935. The highest BCUT2D eigenvalue weighted by Crippen LogP contribution is 2.39. The molecule has 2 nitrogen and oxygen atoms in total. The van der Waals surface area contributed by atoms with E-state index >= 15 is 0 Å². The molecule has 29 heavy (non-hydrogen) atoms. The predicted octanol–water partition coefficient (Wildman–Crippen LogP) is 6.79. The highest BCUT2D eigenvalue weighted by atomic mass is 16.3. The molecule has 0 saturated carbocycles. The second-order valence-electron chi connectivity index (χ2n) is 7.75. The van der Waals surface area contributed by atoms with Gasteiger partial charge in [-0.2, -0.15) is 4.57 Å². The third-order valence-electron chi connectivity index (χ3n) is 5.99. The number of furan rings is 1. The van der Waals surface area contributed by atoms with Crippen LogP contribution in [-0.2, 0) is 0 Å². The largest absolute Gasteiger partial charge is 0.449 e. The maximum Gasteiger partial charge on any atom is 0.257 e. The Bertz CT molecular complexity index is 1570. The first-order chi connectivity index (χ1) is 14.2. The number of nitrogens with zero attached hydrogens (tertiary/aromatic N) is 1. The van der Waals surface area contributed by atoms with Gasteiger partial charge in [-0.1, -0.05) is 54.6 Å². The van der Waals surface area contributed by atoms with Gasteiger partial charge in [-0.3, -0.25) is 0 Å². The second-order valence-corrected chi connectivity index (χ2v) is 7.75. The number of benzene rings is 4. The Morgan fingerprint density at radius 3 is 2.34 bits per heavy atom. The monoisotopic (exact) mass is 374 g/mol. The van der Waals surface area contributed by atoms with Gasteiger partial charge >= 0.3 is 0 Å². The van der Waals surface area contributed by atoms with Crippen LogP contribution in [0.4, 0.5) is 0 Å². The van der Waals surface area contributed by atoms with E-state index in [2.05, 4.69) is 103 Å². The predicted molar refractivity (Wildman–Crippen MR) is 120 cm³/mol. The number of rotatable bonds is 1. The number of aromatic nitrogens is 1.